The number of nitrogens with zero attached hydrogens (tertiary/aromatic N) is 1. The second-order valence-electron chi connectivity index (χ2n) is 5.85. The minimum Gasteiger partial charge on any atom is -0.354 e. The first-order chi connectivity index (χ1) is 8.50. The number of halogens is 2. The van der Waals surface area contributed by atoms with E-state index in [4.69, 9.17) is 0 Å². The summed E-state index contributed by atoms with van der Waals surface area (Å²) in [5.41, 5.74) is 0. The van der Waals surface area contributed by atoms with E-state index in [1.54, 1.807) is 0 Å². The first-order valence-electron chi connectivity index (χ1n) is 7.24. The van der Waals surface area contributed by atoms with E-state index in [2.05, 4.69) is 43.2 Å². The summed E-state index contributed by atoms with van der Waals surface area (Å²) in [6.45, 7) is 11.9. The Kier molecular flexibility index (Phi) is 12.9. The van der Waals surface area contributed by atoms with Gasteiger partial charge in [-0.25, -0.2) is 0 Å². The van der Waals surface area contributed by atoms with Crippen LogP contribution in [0.2, 0.25) is 0 Å². The number of carbonyl (C=O) groups is 1. The van der Waals surface area contributed by atoms with Crippen LogP contribution in [0.15, 0.2) is 0 Å². The van der Waals surface area contributed by atoms with Gasteiger partial charge in [-0.15, -0.1) is 24.8 Å². The van der Waals surface area contributed by atoms with Crippen LogP contribution in [0.25, 0.3) is 0 Å². The van der Waals surface area contributed by atoms with Crippen molar-refractivity contribution in [1.29, 1.82) is 0 Å². The molecule has 0 saturated heterocycles. The van der Waals surface area contributed by atoms with Gasteiger partial charge < -0.3 is 10.6 Å². The van der Waals surface area contributed by atoms with Gasteiger partial charge in [0.2, 0.25) is 5.91 Å². The standard InChI is InChI=1S/C14H29N3O.2ClH/c1-11(2)17(12(3)4)8-7-16-14(18)10-15-9-13-5-6-13;;/h11-13,15H,5-10H2,1-4H3,(H,16,18);2*1H. The Morgan fingerprint density at radius 1 is 1.15 bits per heavy atom. The molecule has 0 aliphatic heterocycles. The van der Waals surface area contributed by atoms with Crippen LogP contribution in [-0.2, 0) is 4.79 Å². The number of hydrogen-bond donors (Lipinski definition) is 2. The lowest BCUT2D eigenvalue weighted by Crippen LogP contribution is -2.44. The molecule has 0 aromatic rings. The maximum Gasteiger partial charge on any atom is 0.234 e. The van der Waals surface area contributed by atoms with Gasteiger partial charge >= 0.3 is 0 Å². The molecule has 0 spiro atoms. The molecule has 1 fully saturated rings. The van der Waals surface area contributed by atoms with E-state index in [9.17, 15) is 4.79 Å². The summed E-state index contributed by atoms with van der Waals surface area (Å²) in [5.74, 6) is 0.943. The minimum absolute atomic E-state index is 0. The highest BCUT2D eigenvalue weighted by Gasteiger charge is 2.20. The maximum atomic E-state index is 11.6. The summed E-state index contributed by atoms with van der Waals surface area (Å²) < 4.78 is 0. The molecule has 4 nitrogen and oxygen atoms in total. The van der Waals surface area contributed by atoms with Crippen molar-refractivity contribution in [2.75, 3.05) is 26.2 Å². The third kappa shape index (κ3) is 9.81. The van der Waals surface area contributed by atoms with E-state index >= 15 is 0 Å². The van der Waals surface area contributed by atoms with Crippen molar-refractivity contribution in [2.24, 2.45) is 5.92 Å². The van der Waals surface area contributed by atoms with E-state index in [0.717, 1.165) is 25.6 Å². The first kappa shape index (κ1) is 22.3. The van der Waals surface area contributed by atoms with Crippen molar-refractivity contribution in [3.05, 3.63) is 0 Å². The zero-order chi connectivity index (χ0) is 13.5. The summed E-state index contributed by atoms with van der Waals surface area (Å²) in [6.07, 6.45) is 2.65. The highest BCUT2D eigenvalue weighted by Crippen LogP contribution is 2.27. The molecular formula is C14H31Cl2N3O. The average Bonchev–Trinajstić information content (AvgIpc) is 3.07. The molecule has 1 amide bonds. The van der Waals surface area contributed by atoms with Gasteiger partial charge in [0.25, 0.3) is 0 Å². The summed E-state index contributed by atoms with van der Waals surface area (Å²) in [6, 6.07) is 1.05. The Balaban J connectivity index is 0. The zero-order valence-electron chi connectivity index (χ0n) is 13.1. The SMILES string of the molecule is CC(C)N(CCNC(=O)CNCC1CC1)C(C)C.Cl.Cl. The van der Waals surface area contributed by atoms with Gasteiger partial charge in [0.05, 0.1) is 6.54 Å². The van der Waals surface area contributed by atoms with Crippen LogP contribution in [0.4, 0.5) is 0 Å². The van der Waals surface area contributed by atoms with Crippen LogP contribution < -0.4 is 10.6 Å². The van der Waals surface area contributed by atoms with E-state index in [1.807, 2.05) is 0 Å². The molecule has 0 aromatic carbocycles. The summed E-state index contributed by atoms with van der Waals surface area (Å²) >= 11 is 0. The number of rotatable bonds is 9. The number of amides is 1. The summed E-state index contributed by atoms with van der Waals surface area (Å²) in [5, 5.41) is 6.18. The van der Waals surface area contributed by atoms with Gasteiger partial charge in [-0.1, -0.05) is 0 Å². The summed E-state index contributed by atoms with van der Waals surface area (Å²) in [7, 11) is 0. The van der Waals surface area contributed by atoms with E-state index in [-0.39, 0.29) is 30.7 Å². The molecule has 0 bridgehead atoms. The third-order valence-electron chi connectivity index (χ3n) is 3.43. The van der Waals surface area contributed by atoms with Crippen molar-refractivity contribution >= 4 is 30.7 Å². The van der Waals surface area contributed by atoms with Crippen LogP contribution in [0, 0.1) is 5.92 Å². The number of hydrogen-bond acceptors (Lipinski definition) is 3. The Morgan fingerprint density at radius 3 is 2.15 bits per heavy atom. The van der Waals surface area contributed by atoms with Gasteiger partial charge in [0.1, 0.15) is 0 Å². The molecule has 2 N–H and O–H groups in total. The largest absolute Gasteiger partial charge is 0.354 e. The normalized spacial score (nSPS) is 14.2. The number of nitrogens with one attached hydrogen (secondary N) is 2. The lowest BCUT2D eigenvalue weighted by molar-refractivity contribution is -0.120. The van der Waals surface area contributed by atoms with Crippen LogP contribution in [-0.4, -0.2) is 49.1 Å². The Morgan fingerprint density at radius 2 is 1.70 bits per heavy atom. The molecule has 0 unspecified atom stereocenters. The van der Waals surface area contributed by atoms with Gasteiger partial charge in [0.15, 0.2) is 0 Å². The summed E-state index contributed by atoms with van der Waals surface area (Å²) in [4.78, 5) is 14.0. The van der Waals surface area contributed by atoms with Crippen molar-refractivity contribution in [3.8, 4) is 0 Å². The lowest BCUT2D eigenvalue weighted by atomic mass is 10.2. The molecule has 20 heavy (non-hydrogen) atoms. The fraction of sp³-hybridized carbons (Fsp3) is 0.929. The van der Waals surface area contributed by atoms with Gasteiger partial charge in [-0.3, -0.25) is 9.69 Å². The monoisotopic (exact) mass is 327 g/mol. The van der Waals surface area contributed by atoms with Crippen molar-refractivity contribution in [3.63, 3.8) is 0 Å². The average molecular weight is 328 g/mol. The molecule has 1 aliphatic carbocycles. The molecule has 0 radical (unpaired) electrons. The van der Waals surface area contributed by atoms with Crippen molar-refractivity contribution in [1.82, 2.24) is 15.5 Å². The van der Waals surface area contributed by atoms with Gasteiger partial charge in [-0.2, -0.15) is 0 Å². The highest BCUT2D eigenvalue weighted by molar-refractivity contribution is 5.85. The van der Waals surface area contributed by atoms with Crippen molar-refractivity contribution < 1.29 is 4.79 Å². The van der Waals surface area contributed by atoms with Crippen LogP contribution in [0.5, 0.6) is 0 Å². The second-order valence-corrected chi connectivity index (χ2v) is 5.85. The minimum atomic E-state index is 0. The van der Waals surface area contributed by atoms with Crippen molar-refractivity contribution in [2.45, 2.75) is 52.6 Å². The molecular weight excluding hydrogens is 297 g/mol. The Bertz CT molecular complexity index is 251. The number of carbonyl (C=O) groups excluding carboxylic acids is 1. The highest BCUT2D eigenvalue weighted by atomic mass is 35.5. The molecule has 6 heteroatoms. The second kappa shape index (κ2) is 11.6. The quantitative estimate of drug-likeness (QED) is 0.681. The molecule has 0 atom stereocenters. The predicted molar refractivity (Wildman–Crippen MR) is 90.1 cm³/mol. The zero-order valence-corrected chi connectivity index (χ0v) is 14.8. The molecule has 122 valence electrons. The molecule has 0 aromatic heterocycles. The van der Waals surface area contributed by atoms with Gasteiger partial charge in [0, 0.05) is 25.2 Å². The lowest BCUT2D eigenvalue weighted by Gasteiger charge is -2.30. The predicted octanol–water partition coefficient (Wildman–Crippen LogP) is 2.06. The maximum absolute atomic E-state index is 11.6. The first-order valence-corrected chi connectivity index (χ1v) is 7.24. The molecule has 0 heterocycles. The van der Waals surface area contributed by atoms with E-state index in [1.165, 1.54) is 12.8 Å². The van der Waals surface area contributed by atoms with Gasteiger partial charge in [-0.05, 0) is 53.0 Å². The Hall–Kier alpha value is -0.0300. The van der Waals surface area contributed by atoms with Crippen LogP contribution in [0.1, 0.15) is 40.5 Å². The van der Waals surface area contributed by atoms with Crippen LogP contribution in [0.3, 0.4) is 0 Å². The smallest absolute Gasteiger partial charge is 0.234 e. The molecule has 1 saturated carbocycles. The molecule has 1 rings (SSSR count). The molecule has 1 aliphatic rings. The fourth-order valence-corrected chi connectivity index (χ4v) is 2.21. The Labute approximate surface area is 136 Å². The third-order valence-corrected chi connectivity index (χ3v) is 3.43. The van der Waals surface area contributed by atoms with E-state index in [0.29, 0.717) is 18.6 Å². The topological polar surface area (TPSA) is 44.4 Å². The van der Waals surface area contributed by atoms with Crippen LogP contribution >= 0.6 is 24.8 Å². The van der Waals surface area contributed by atoms with E-state index < -0.39 is 0 Å². The fourth-order valence-electron chi connectivity index (χ4n) is 2.21.